The lowest BCUT2D eigenvalue weighted by molar-refractivity contribution is -0.00746. The third-order valence-corrected chi connectivity index (χ3v) is 4.04. The molecule has 2 unspecified atom stereocenters. The normalized spacial score (nSPS) is 24.2. The van der Waals surface area contributed by atoms with Crippen molar-refractivity contribution in [3.05, 3.63) is 35.1 Å². The summed E-state index contributed by atoms with van der Waals surface area (Å²) < 4.78 is 19.1. The number of ether oxygens (including phenoxy) is 1. The van der Waals surface area contributed by atoms with Gasteiger partial charge in [0, 0.05) is 25.8 Å². The van der Waals surface area contributed by atoms with E-state index >= 15 is 0 Å². The van der Waals surface area contributed by atoms with Gasteiger partial charge >= 0.3 is 0 Å². The molecule has 0 spiro atoms. The minimum absolute atomic E-state index is 0.0854. The van der Waals surface area contributed by atoms with Gasteiger partial charge in [0.25, 0.3) is 0 Å². The molecule has 0 radical (unpaired) electrons. The second-order valence-electron chi connectivity index (χ2n) is 5.61. The quantitative estimate of drug-likeness (QED) is 0.384. The minimum atomic E-state index is -0.386. The van der Waals surface area contributed by atoms with E-state index in [1.807, 2.05) is 0 Å². The van der Waals surface area contributed by atoms with Crippen molar-refractivity contribution < 1.29 is 14.3 Å². The van der Waals surface area contributed by atoms with Gasteiger partial charge in [-0.2, -0.15) is 0 Å². The number of benzene rings is 1. The average Bonchev–Trinajstić information content (AvgIpc) is 2.47. The summed E-state index contributed by atoms with van der Waals surface area (Å²) in [7, 11) is 1.73. The zero-order chi connectivity index (χ0) is 15.4. The summed E-state index contributed by atoms with van der Waals surface area (Å²) >= 11 is 0. The third-order valence-electron chi connectivity index (χ3n) is 4.04. The van der Waals surface area contributed by atoms with Gasteiger partial charge in [-0.05, 0) is 42.6 Å². The van der Waals surface area contributed by atoms with Gasteiger partial charge < -0.3 is 15.7 Å². The summed E-state index contributed by atoms with van der Waals surface area (Å²) in [5.74, 6) is 0.0621. The second kappa shape index (κ2) is 6.87. The summed E-state index contributed by atoms with van der Waals surface area (Å²) in [6.45, 7) is 4.59. The van der Waals surface area contributed by atoms with E-state index in [1.165, 1.54) is 12.1 Å². The number of likely N-dealkylation sites (tertiary alicyclic amines) is 1. The molecule has 1 saturated heterocycles. The van der Waals surface area contributed by atoms with Crippen molar-refractivity contribution >= 4 is 5.84 Å². The SMILES string of the molecule is COC1CN(Cc2cc(F)cc(/C(N)=N/O)c2)CCC1C. The van der Waals surface area contributed by atoms with Crippen LogP contribution in [0, 0.1) is 11.7 Å². The molecule has 5 nitrogen and oxygen atoms in total. The highest BCUT2D eigenvalue weighted by Crippen LogP contribution is 2.21. The number of rotatable bonds is 4. The van der Waals surface area contributed by atoms with Gasteiger partial charge in [0.15, 0.2) is 5.84 Å². The summed E-state index contributed by atoms with van der Waals surface area (Å²) in [5, 5.41) is 11.6. The van der Waals surface area contributed by atoms with Crippen molar-refractivity contribution in [1.82, 2.24) is 4.90 Å². The van der Waals surface area contributed by atoms with Crippen LogP contribution in [0.2, 0.25) is 0 Å². The molecule has 6 heteroatoms. The number of nitrogens with two attached hydrogens (primary N) is 1. The molecule has 1 fully saturated rings. The summed E-state index contributed by atoms with van der Waals surface area (Å²) in [6.07, 6.45) is 1.26. The van der Waals surface area contributed by atoms with E-state index in [1.54, 1.807) is 13.2 Å². The van der Waals surface area contributed by atoms with E-state index in [9.17, 15) is 4.39 Å². The fourth-order valence-corrected chi connectivity index (χ4v) is 2.75. The van der Waals surface area contributed by atoms with Crippen LogP contribution in [0.4, 0.5) is 4.39 Å². The molecule has 1 heterocycles. The van der Waals surface area contributed by atoms with Crippen LogP contribution in [0.1, 0.15) is 24.5 Å². The topological polar surface area (TPSA) is 71.1 Å². The first-order valence-electron chi connectivity index (χ1n) is 7.06. The highest BCUT2D eigenvalue weighted by molar-refractivity contribution is 5.97. The fraction of sp³-hybridized carbons (Fsp3) is 0.533. The van der Waals surface area contributed by atoms with Crippen molar-refractivity contribution in [1.29, 1.82) is 0 Å². The second-order valence-corrected chi connectivity index (χ2v) is 5.61. The lowest BCUT2D eigenvalue weighted by Gasteiger charge is -2.36. The smallest absolute Gasteiger partial charge is 0.170 e. The van der Waals surface area contributed by atoms with E-state index in [0.717, 1.165) is 25.1 Å². The van der Waals surface area contributed by atoms with Crippen molar-refractivity contribution in [2.45, 2.75) is 26.0 Å². The highest BCUT2D eigenvalue weighted by atomic mass is 19.1. The monoisotopic (exact) mass is 295 g/mol. The maximum atomic E-state index is 13.6. The lowest BCUT2D eigenvalue weighted by atomic mass is 9.95. The summed E-state index contributed by atoms with van der Waals surface area (Å²) in [6, 6.07) is 4.49. The van der Waals surface area contributed by atoms with Gasteiger partial charge in [0.2, 0.25) is 0 Å². The molecule has 1 aromatic rings. The Morgan fingerprint density at radius 1 is 1.52 bits per heavy atom. The minimum Gasteiger partial charge on any atom is -0.409 e. The molecule has 21 heavy (non-hydrogen) atoms. The third kappa shape index (κ3) is 3.92. The van der Waals surface area contributed by atoms with Gasteiger partial charge in [0.05, 0.1) is 6.10 Å². The molecule has 2 atom stereocenters. The Kier molecular flexibility index (Phi) is 5.14. The van der Waals surface area contributed by atoms with E-state index in [4.69, 9.17) is 15.7 Å². The van der Waals surface area contributed by atoms with Gasteiger partial charge in [-0.25, -0.2) is 4.39 Å². The van der Waals surface area contributed by atoms with Gasteiger partial charge in [-0.1, -0.05) is 12.1 Å². The summed E-state index contributed by atoms with van der Waals surface area (Å²) in [5.41, 5.74) is 6.72. The van der Waals surface area contributed by atoms with Crippen molar-refractivity contribution in [2.24, 2.45) is 16.8 Å². The Labute approximate surface area is 124 Å². The molecule has 1 aromatic carbocycles. The number of amidine groups is 1. The largest absolute Gasteiger partial charge is 0.409 e. The zero-order valence-electron chi connectivity index (χ0n) is 12.4. The molecule has 0 aromatic heterocycles. The highest BCUT2D eigenvalue weighted by Gasteiger charge is 2.26. The van der Waals surface area contributed by atoms with Gasteiger partial charge in [-0.15, -0.1) is 0 Å². The van der Waals surface area contributed by atoms with Crippen LogP contribution in [-0.4, -0.2) is 42.2 Å². The van der Waals surface area contributed by atoms with Crippen molar-refractivity contribution in [3.63, 3.8) is 0 Å². The van der Waals surface area contributed by atoms with Gasteiger partial charge in [0.1, 0.15) is 5.82 Å². The molecule has 0 bridgehead atoms. The fourth-order valence-electron chi connectivity index (χ4n) is 2.75. The van der Waals surface area contributed by atoms with Crippen LogP contribution >= 0.6 is 0 Å². The number of hydrogen-bond donors (Lipinski definition) is 2. The molecule has 0 saturated carbocycles. The molecular formula is C15H22FN3O2. The van der Waals surface area contributed by atoms with Gasteiger partial charge in [-0.3, -0.25) is 4.90 Å². The first kappa shape index (κ1) is 15.7. The predicted molar refractivity (Wildman–Crippen MR) is 78.8 cm³/mol. The number of hydrogen-bond acceptors (Lipinski definition) is 4. The first-order valence-corrected chi connectivity index (χ1v) is 7.06. The maximum Gasteiger partial charge on any atom is 0.170 e. The van der Waals surface area contributed by atoms with Crippen LogP contribution in [0.25, 0.3) is 0 Å². The number of piperidine rings is 1. The molecule has 116 valence electrons. The molecule has 2 rings (SSSR count). The van der Waals surface area contributed by atoms with Crippen LogP contribution in [0.15, 0.2) is 23.4 Å². The van der Waals surface area contributed by atoms with E-state index < -0.39 is 0 Å². The molecule has 0 amide bonds. The van der Waals surface area contributed by atoms with Crippen LogP contribution in [-0.2, 0) is 11.3 Å². The first-order chi connectivity index (χ1) is 10.0. The number of oxime groups is 1. The standard InChI is InChI=1S/C15H22FN3O2/c1-10-3-4-19(9-14(10)21-2)8-11-5-12(15(17)18-20)7-13(16)6-11/h5-7,10,14,20H,3-4,8-9H2,1-2H3,(H2,17,18). The van der Waals surface area contributed by atoms with Crippen molar-refractivity contribution in [3.8, 4) is 0 Å². The Bertz CT molecular complexity index is 522. The Hall–Kier alpha value is -1.66. The van der Waals surface area contributed by atoms with E-state index in [2.05, 4.69) is 17.0 Å². The van der Waals surface area contributed by atoms with E-state index in [0.29, 0.717) is 18.0 Å². The average molecular weight is 295 g/mol. The number of methoxy groups -OCH3 is 1. The Morgan fingerprint density at radius 3 is 2.95 bits per heavy atom. The van der Waals surface area contributed by atoms with Crippen LogP contribution < -0.4 is 5.73 Å². The van der Waals surface area contributed by atoms with Crippen LogP contribution in [0.3, 0.4) is 0 Å². The number of halogens is 1. The van der Waals surface area contributed by atoms with Crippen molar-refractivity contribution in [2.75, 3.05) is 20.2 Å². The Balaban J connectivity index is 2.11. The summed E-state index contributed by atoms with van der Waals surface area (Å²) in [4.78, 5) is 2.24. The maximum absolute atomic E-state index is 13.6. The lowest BCUT2D eigenvalue weighted by Crippen LogP contribution is -2.43. The molecule has 0 aliphatic carbocycles. The zero-order valence-corrected chi connectivity index (χ0v) is 12.4. The molecule has 3 N–H and O–H groups in total. The predicted octanol–water partition coefficient (Wildman–Crippen LogP) is 1.78. The number of nitrogens with zero attached hydrogens (tertiary/aromatic N) is 2. The van der Waals surface area contributed by atoms with Crippen LogP contribution in [0.5, 0.6) is 0 Å². The molecule has 1 aliphatic rings. The van der Waals surface area contributed by atoms with E-state index in [-0.39, 0.29) is 17.8 Å². The molecular weight excluding hydrogens is 273 g/mol. The molecule has 1 aliphatic heterocycles. The Morgan fingerprint density at radius 2 is 2.29 bits per heavy atom.